The van der Waals surface area contributed by atoms with Gasteiger partial charge in [-0.25, -0.2) is 0 Å². The molecule has 0 radical (unpaired) electrons. The largest absolute Gasteiger partial charge is 0.495 e. The van der Waals surface area contributed by atoms with Crippen molar-refractivity contribution in [3.8, 4) is 11.8 Å². The third-order valence-electron chi connectivity index (χ3n) is 4.67. The van der Waals surface area contributed by atoms with Gasteiger partial charge in [0.1, 0.15) is 5.75 Å². The molecule has 0 aliphatic carbocycles. The Hall–Kier alpha value is -2.69. The van der Waals surface area contributed by atoms with E-state index in [0.717, 1.165) is 15.1 Å². The summed E-state index contributed by atoms with van der Waals surface area (Å²) >= 11 is 5.04. The molecule has 2 aromatic rings. The topological polar surface area (TPSA) is 74.2 Å². The highest BCUT2D eigenvalue weighted by Crippen LogP contribution is 2.43. The van der Waals surface area contributed by atoms with Gasteiger partial charge in [0.05, 0.1) is 35.4 Å². The minimum atomic E-state index is -0.492. The van der Waals surface area contributed by atoms with Crippen LogP contribution in [0.15, 0.2) is 74.9 Å². The Morgan fingerprint density at radius 2 is 1.93 bits per heavy atom. The molecule has 148 valence electrons. The number of carbonyl (C=O) groups excluding carboxylic acids is 1. The van der Waals surface area contributed by atoms with E-state index in [-0.39, 0.29) is 5.91 Å². The van der Waals surface area contributed by atoms with E-state index < -0.39 is 5.92 Å². The van der Waals surface area contributed by atoms with Gasteiger partial charge in [-0.05, 0) is 36.9 Å². The summed E-state index contributed by atoms with van der Waals surface area (Å²) in [6, 6.07) is 17.2. The van der Waals surface area contributed by atoms with Gasteiger partial charge < -0.3 is 15.4 Å². The first-order valence-corrected chi connectivity index (χ1v) is 10.9. The summed E-state index contributed by atoms with van der Waals surface area (Å²) in [5, 5.41) is 16.8. The van der Waals surface area contributed by atoms with Crippen molar-refractivity contribution in [1.29, 1.82) is 5.26 Å². The van der Waals surface area contributed by atoms with Crippen molar-refractivity contribution >= 4 is 39.3 Å². The Labute approximate surface area is 183 Å². The number of methoxy groups -OCH3 is 1. The summed E-state index contributed by atoms with van der Waals surface area (Å²) in [7, 11) is 1.56. The van der Waals surface area contributed by atoms with Crippen LogP contribution in [0.4, 0.5) is 5.69 Å². The number of anilines is 1. The second kappa shape index (κ2) is 9.21. The molecule has 0 aromatic heterocycles. The van der Waals surface area contributed by atoms with E-state index in [1.165, 1.54) is 11.8 Å². The number of benzene rings is 2. The molecule has 1 amide bonds. The number of para-hydroxylation sites is 2. The molecule has 29 heavy (non-hydrogen) atoms. The smallest absolute Gasteiger partial charge is 0.254 e. The first-order chi connectivity index (χ1) is 14.0. The van der Waals surface area contributed by atoms with Crippen LogP contribution < -0.4 is 15.4 Å². The molecule has 1 aliphatic rings. The van der Waals surface area contributed by atoms with Gasteiger partial charge in [0, 0.05) is 15.7 Å². The molecule has 1 atom stereocenters. The monoisotopic (exact) mass is 469 g/mol. The van der Waals surface area contributed by atoms with Gasteiger partial charge in [0.15, 0.2) is 0 Å². The molecule has 0 saturated carbocycles. The lowest BCUT2D eigenvalue weighted by atomic mass is 9.82. The average Bonchev–Trinajstić information content (AvgIpc) is 2.73. The Bertz CT molecular complexity index is 1060. The van der Waals surface area contributed by atoms with Crippen LogP contribution in [-0.2, 0) is 4.79 Å². The highest BCUT2D eigenvalue weighted by atomic mass is 79.9. The fraction of sp³-hybridized carbons (Fsp3) is 0.182. The molecule has 2 aromatic carbocycles. The number of dihydropyridines is 1. The second-order valence-corrected chi connectivity index (χ2v) is 8.00. The van der Waals surface area contributed by atoms with Crippen molar-refractivity contribution in [2.75, 3.05) is 18.7 Å². The van der Waals surface area contributed by atoms with E-state index >= 15 is 0 Å². The van der Waals surface area contributed by atoms with Crippen molar-refractivity contribution in [2.24, 2.45) is 0 Å². The van der Waals surface area contributed by atoms with E-state index in [0.29, 0.717) is 28.3 Å². The lowest BCUT2D eigenvalue weighted by Crippen LogP contribution is -2.30. The van der Waals surface area contributed by atoms with Gasteiger partial charge in [0.25, 0.3) is 5.91 Å². The van der Waals surface area contributed by atoms with Crippen LogP contribution in [0.2, 0.25) is 0 Å². The molecule has 3 rings (SSSR count). The number of nitrogens with zero attached hydrogens (tertiary/aromatic N) is 1. The van der Waals surface area contributed by atoms with Gasteiger partial charge in [-0.3, -0.25) is 4.79 Å². The van der Waals surface area contributed by atoms with Gasteiger partial charge in [-0.2, -0.15) is 5.26 Å². The second-order valence-electron chi connectivity index (χ2n) is 6.33. The van der Waals surface area contributed by atoms with E-state index in [2.05, 4.69) is 32.6 Å². The van der Waals surface area contributed by atoms with Crippen molar-refractivity contribution in [2.45, 2.75) is 12.8 Å². The fourth-order valence-electron chi connectivity index (χ4n) is 3.33. The van der Waals surface area contributed by atoms with E-state index in [1.54, 1.807) is 19.2 Å². The molecule has 1 heterocycles. The van der Waals surface area contributed by atoms with Crippen molar-refractivity contribution in [3.63, 3.8) is 0 Å². The number of nitriles is 1. The van der Waals surface area contributed by atoms with Gasteiger partial charge >= 0.3 is 0 Å². The van der Waals surface area contributed by atoms with Gasteiger partial charge in [-0.1, -0.05) is 46.3 Å². The summed E-state index contributed by atoms with van der Waals surface area (Å²) in [4.78, 5) is 13.4. The SMILES string of the molecule is COc1ccccc1NC(=O)C1=C(C)NC(SC)=C(C#N)C1c1ccccc1Br. The molecule has 5 nitrogen and oxygen atoms in total. The van der Waals surface area contributed by atoms with E-state index in [4.69, 9.17) is 4.74 Å². The number of hydrogen-bond acceptors (Lipinski definition) is 5. The highest BCUT2D eigenvalue weighted by molar-refractivity contribution is 9.10. The van der Waals surface area contributed by atoms with E-state index in [1.807, 2.05) is 49.6 Å². The maximum absolute atomic E-state index is 13.4. The summed E-state index contributed by atoms with van der Waals surface area (Å²) in [5.74, 6) is -0.205. The molecule has 1 aliphatic heterocycles. The van der Waals surface area contributed by atoms with Crippen LogP contribution in [0, 0.1) is 11.3 Å². The number of amides is 1. The number of carbonyl (C=O) groups is 1. The Morgan fingerprint density at radius 1 is 1.24 bits per heavy atom. The molecule has 7 heteroatoms. The van der Waals surface area contributed by atoms with Gasteiger partial charge in [-0.15, -0.1) is 11.8 Å². The molecule has 0 spiro atoms. The highest BCUT2D eigenvalue weighted by Gasteiger charge is 2.35. The third-order valence-corrected chi connectivity index (χ3v) is 6.12. The molecular formula is C22H20BrN3O2S. The van der Waals surface area contributed by atoms with Crippen molar-refractivity contribution in [3.05, 3.63) is 80.4 Å². The average molecular weight is 470 g/mol. The molecule has 0 saturated heterocycles. The van der Waals surface area contributed by atoms with Gasteiger partial charge in [0.2, 0.25) is 0 Å². The Morgan fingerprint density at radius 3 is 2.59 bits per heavy atom. The standard InChI is InChI=1S/C22H20BrN3O2S/c1-13-19(21(27)26-17-10-6-7-11-18(17)28-2)20(14-8-4-5-9-16(14)23)15(12-24)22(25-13)29-3/h4-11,20,25H,1-3H3,(H,26,27). The van der Waals surface area contributed by atoms with Crippen LogP contribution in [0.3, 0.4) is 0 Å². The molecule has 0 bridgehead atoms. The molecule has 2 N–H and O–H groups in total. The minimum Gasteiger partial charge on any atom is -0.495 e. The zero-order chi connectivity index (χ0) is 21.0. The number of nitrogens with one attached hydrogen (secondary N) is 2. The summed E-state index contributed by atoms with van der Waals surface area (Å²) in [6.45, 7) is 1.85. The van der Waals surface area contributed by atoms with Crippen LogP contribution in [0.25, 0.3) is 0 Å². The molecule has 0 fully saturated rings. The number of rotatable bonds is 5. The van der Waals surface area contributed by atoms with E-state index in [9.17, 15) is 10.1 Å². The summed E-state index contributed by atoms with van der Waals surface area (Å²) in [6.07, 6.45) is 1.91. The molecule has 1 unspecified atom stereocenters. The van der Waals surface area contributed by atoms with Crippen molar-refractivity contribution in [1.82, 2.24) is 5.32 Å². The van der Waals surface area contributed by atoms with Crippen LogP contribution >= 0.6 is 27.7 Å². The number of halogens is 1. The fourth-order valence-corrected chi connectivity index (χ4v) is 4.48. The Balaban J connectivity index is 2.11. The number of thioether (sulfide) groups is 1. The predicted molar refractivity (Wildman–Crippen MR) is 120 cm³/mol. The first kappa shape index (κ1) is 21.0. The predicted octanol–water partition coefficient (Wildman–Crippen LogP) is 5.16. The maximum Gasteiger partial charge on any atom is 0.254 e. The first-order valence-electron chi connectivity index (χ1n) is 8.86. The third kappa shape index (κ3) is 4.19. The number of hydrogen-bond donors (Lipinski definition) is 2. The van der Waals surface area contributed by atoms with Crippen LogP contribution in [0.1, 0.15) is 18.4 Å². The normalized spacial score (nSPS) is 16.2. The maximum atomic E-state index is 13.4. The lowest BCUT2D eigenvalue weighted by molar-refractivity contribution is -0.113. The lowest BCUT2D eigenvalue weighted by Gasteiger charge is -2.30. The number of allylic oxidation sites excluding steroid dienone is 2. The van der Waals surface area contributed by atoms with Crippen LogP contribution in [-0.4, -0.2) is 19.3 Å². The zero-order valence-corrected chi connectivity index (χ0v) is 18.6. The number of ether oxygens (including phenoxy) is 1. The summed E-state index contributed by atoms with van der Waals surface area (Å²) in [5.41, 5.74) is 3.16. The summed E-state index contributed by atoms with van der Waals surface area (Å²) < 4.78 is 6.19. The quantitative estimate of drug-likeness (QED) is 0.632. The molecular weight excluding hydrogens is 450 g/mol. The van der Waals surface area contributed by atoms with Crippen molar-refractivity contribution < 1.29 is 9.53 Å². The zero-order valence-electron chi connectivity index (χ0n) is 16.2. The minimum absolute atomic E-state index is 0.284. The Kier molecular flexibility index (Phi) is 6.68. The van der Waals surface area contributed by atoms with Crippen LogP contribution in [0.5, 0.6) is 5.75 Å².